The van der Waals surface area contributed by atoms with Gasteiger partial charge in [0, 0.05) is 13.6 Å². The summed E-state index contributed by atoms with van der Waals surface area (Å²) in [6, 6.07) is 3.91. The molecule has 2 heterocycles. The summed E-state index contributed by atoms with van der Waals surface area (Å²) in [5.74, 6) is 2.20. The molecule has 106 valence electrons. The van der Waals surface area contributed by atoms with Gasteiger partial charge in [-0.2, -0.15) is 0 Å². The average Bonchev–Trinajstić information content (AvgIpc) is 3.04. The SMILES string of the molecule is CC(NCc1cc(Cl)c2c(c1)OCO2)c1nncn1C. The Morgan fingerprint density at radius 3 is 3.05 bits per heavy atom. The lowest BCUT2D eigenvalue weighted by molar-refractivity contribution is 0.174. The van der Waals surface area contributed by atoms with E-state index in [-0.39, 0.29) is 12.8 Å². The number of fused-ring (bicyclic) bond motifs is 1. The Labute approximate surface area is 121 Å². The van der Waals surface area contributed by atoms with E-state index in [2.05, 4.69) is 15.5 Å². The molecule has 20 heavy (non-hydrogen) atoms. The first-order valence-electron chi connectivity index (χ1n) is 6.30. The van der Waals surface area contributed by atoms with Gasteiger partial charge in [-0.3, -0.25) is 0 Å². The third kappa shape index (κ3) is 2.44. The number of ether oxygens (including phenoxy) is 2. The van der Waals surface area contributed by atoms with Crippen LogP contribution in [0.2, 0.25) is 5.02 Å². The van der Waals surface area contributed by atoms with E-state index >= 15 is 0 Å². The molecule has 1 unspecified atom stereocenters. The molecule has 0 saturated heterocycles. The van der Waals surface area contributed by atoms with Crippen LogP contribution >= 0.6 is 11.6 Å². The number of rotatable bonds is 4. The first-order valence-corrected chi connectivity index (χ1v) is 6.68. The average molecular weight is 295 g/mol. The van der Waals surface area contributed by atoms with Gasteiger partial charge >= 0.3 is 0 Å². The number of hydrogen-bond acceptors (Lipinski definition) is 5. The molecule has 0 bridgehead atoms. The number of nitrogens with zero attached hydrogens (tertiary/aromatic N) is 3. The Morgan fingerprint density at radius 2 is 2.30 bits per heavy atom. The van der Waals surface area contributed by atoms with Gasteiger partial charge in [-0.15, -0.1) is 10.2 Å². The number of halogens is 1. The van der Waals surface area contributed by atoms with Gasteiger partial charge in [0.2, 0.25) is 6.79 Å². The molecule has 0 radical (unpaired) electrons. The molecule has 1 N–H and O–H groups in total. The minimum atomic E-state index is 0.0895. The summed E-state index contributed by atoms with van der Waals surface area (Å²) >= 11 is 6.16. The van der Waals surface area contributed by atoms with E-state index < -0.39 is 0 Å². The zero-order valence-electron chi connectivity index (χ0n) is 11.3. The van der Waals surface area contributed by atoms with E-state index in [0.717, 1.165) is 11.4 Å². The molecule has 2 aromatic rings. The highest BCUT2D eigenvalue weighted by Gasteiger charge is 2.18. The molecule has 1 aromatic heterocycles. The van der Waals surface area contributed by atoms with E-state index in [0.29, 0.717) is 23.1 Å². The molecule has 0 fully saturated rings. The monoisotopic (exact) mass is 294 g/mol. The fourth-order valence-corrected chi connectivity index (χ4v) is 2.46. The summed E-state index contributed by atoms with van der Waals surface area (Å²) < 4.78 is 12.5. The van der Waals surface area contributed by atoms with Crippen LogP contribution in [-0.2, 0) is 13.6 Å². The molecule has 0 saturated carbocycles. The van der Waals surface area contributed by atoms with Crippen molar-refractivity contribution in [3.8, 4) is 11.5 Å². The standard InChI is InChI=1S/C13H15ClN4O2/c1-8(13-17-16-6-18(13)2)15-5-9-3-10(14)12-11(4-9)19-7-20-12/h3-4,6,8,15H,5,7H2,1-2H3. The Hall–Kier alpha value is -1.79. The van der Waals surface area contributed by atoms with Crippen LogP contribution in [0.4, 0.5) is 0 Å². The quantitative estimate of drug-likeness (QED) is 0.935. The first-order chi connectivity index (χ1) is 9.65. The fourth-order valence-electron chi connectivity index (χ4n) is 2.17. The molecule has 0 amide bonds. The van der Waals surface area contributed by atoms with Crippen LogP contribution in [0.25, 0.3) is 0 Å². The van der Waals surface area contributed by atoms with Gasteiger partial charge in [0.05, 0.1) is 11.1 Å². The largest absolute Gasteiger partial charge is 0.454 e. The maximum atomic E-state index is 6.16. The predicted octanol–water partition coefficient (Wildman–Crippen LogP) is 2.05. The Balaban J connectivity index is 1.70. The van der Waals surface area contributed by atoms with Crippen molar-refractivity contribution in [1.82, 2.24) is 20.1 Å². The lowest BCUT2D eigenvalue weighted by Gasteiger charge is -2.13. The molecule has 1 atom stereocenters. The van der Waals surface area contributed by atoms with E-state index in [9.17, 15) is 0 Å². The number of nitrogens with one attached hydrogen (secondary N) is 1. The van der Waals surface area contributed by atoms with Crippen LogP contribution in [0, 0.1) is 0 Å². The smallest absolute Gasteiger partial charge is 0.231 e. The highest BCUT2D eigenvalue weighted by Crippen LogP contribution is 2.39. The summed E-state index contributed by atoms with van der Waals surface area (Å²) in [6.45, 7) is 2.92. The fraction of sp³-hybridized carbons (Fsp3) is 0.385. The zero-order chi connectivity index (χ0) is 14.1. The summed E-state index contributed by atoms with van der Waals surface area (Å²) in [4.78, 5) is 0. The number of benzene rings is 1. The summed E-state index contributed by atoms with van der Waals surface area (Å²) in [7, 11) is 1.92. The normalized spacial score (nSPS) is 14.6. The van der Waals surface area contributed by atoms with E-state index in [1.54, 1.807) is 6.33 Å². The molecular weight excluding hydrogens is 280 g/mol. The van der Waals surface area contributed by atoms with Gasteiger partial charge in [0.1, 0.15) is 12.2 Å². The second-order valence-electron chi connectivity index (χ2n) is 4.71. The molecule has 1 aliphatic rings. The van der Waals surface area contributed by atoms with E-state index in [1.807, 2.05) is 30.7 Å². The lowest BCUT2D eigenvalue weighted by atomic mass is 10.2. The molecular formula is C13H15ClN4O2. The van der Waals surface area contributed by atoms with Crippen LogP contribution in [0.3, 0.4) is 0 Å². The van der Waals surface area contributed by atoms with Gasteiger partial charge in [-0.05, 0) is 24.6 Å². The van der Waals surface area contributed by atoms with Gasteiger partial charge in [0.25, 0.3) is 0 Å². The van der Waals surface area contributed by atoms with Crippen LogP contribution in [0.15, 0.2) is 18.5 Å². The first kappa shape index (κ1) is 13.2. The third-order valence-corrected chi connectivity index (χ3v) is 3.51. The van der Waals surface area contributed by atoms with Crippen molar-refractivity contribution in [3.63, 3.8) is 0 Å². The van der Waals surface area contributed by atoms with Crippen LogP contribution in [-0.4, -0.2) is 21.6 Å². The highest BCUT2D eigenvalue weighted by molar-refractivity contribution is 6.32. The predicted molar refractivity (Wildman–Crippen MR) is 73.8 cm³/mol. The summed E-state index contributed by atoms with van der Waals surface area (Å²) in [5.41, 5.74) is 1.04. The van der Waals surface area contributed by atoms with Crippen molar-refractivity contribution in [2.24, 2.45) is 7.05 Å². The summed E-state index contributed by atoms with van der Waals surface area (Å²) in [6.07, 6.45) is 1.69. The molecule has 1 aliphatic heterocycles. The Morgan fingerprint density at radius 1 is 1.45 bits per heavy atom. The Kier molecular flexibility index (Phi) is 3.50. The maximum absolute atomic E-state index is 6.16. The van der Waals surface area contributed by atoms with Gasteiger partial charge in [-0.1, -0.05) is 11.6 Å². The lowest BCUT2D eigenvalue weighted by Crippen LogP contribution is -2.21. The molecule has 6 nitrogen and oxygen atoms in total. The van der Waals surface area contributed by atoms with Crippen molar-refractivity contribution in [2.75, 3.05) is 6.79 Å². The van der Waals surface area contributed by atoms with Gasteiger partial charge in [-0.25, -0.2) is 0 Å². The Bertz CT molecular complexity index is 629. The van der Waals surface area contributed by atoms with Crippen molar-refractivity contribution >= 4 is 11.6 Å². The highest BCUT2D eigenvalue weighted by atomic mass is 35.5. The van der Waals surface area contributed by atoms with Crippen molar-refractivity contribution < 1.29 is 9.47 Å². The van der Waals surface area contributed by atoms with Gasteiger partial charge in [0.15, 0.2) is 11.5 Å². The number of aryl methyl sites for hydroxylation is 1. The second-order valence-corrected chi connectivity index (χ2v) is 5.12. The molecule has 3 rings (SSSR count). The minimum Gasteiger partial charge on any atom is -0.454 e. The zero-order valence-corrected chi connectivity index (χ0v) is 12.0. The molecule has 0 spiro atoms. The van der Waals surface area contributed by atoms with Crippen LogP contribution in [0.1, 0.15) is 24.4 Å². The third-order valence-electron chi connectivity index (χ3n) is 3.23. The van der Waals surface area contributed by atoms with Crippen molar-refractivity contribution in [2.45, 2.75) is 19.5 Å². The van der Waals surface area contributed by atoms with Crippen molar-refractivity contribution in [3.05, 3.63) is 34.9 Å². The van der Waals surface area contributed by atoms with E-state index in [1.165, 1.54) is 0 Å². The van der Waals surface area contributed by atoms with Crippen LogP contribution < -0.4 is 14.8 Å². The van der Waals surface area contributed by atoms with Crippen LogP contribution in [0.5, 0.6) is 11.5 Å². The topological polar surface area (TPSA) is 61.2 Å². The molecule has 1 aromatic carbocycles. The summed E-state index contributed by atoms with van der Waals surface area (Å²) in [5, 5.41) is 11.9. The van der Waals surface area contributed by atoms with Gasteiger partial charge < -0.3 is 19.4 Å². The van der Waals surface area contributed by atoms with E-state index in [4.69, 9.17) is 21.1 Å². The number of hydrogen-bond donors (Lipinski definition) is 1. The van der Waals surface area contributed by atoms with Crippen molar-refractivity contribution in [1.29, 1.82) is 0 Å². The molecule has 0 aliphatic carbocycles. The maximum Gasteiger partial charge on any atom is 0.231 e. The second kappa shape index (κ2) is 5.30. The minimum absolute atomic E-state index is 0.0895. The number of aromatic nitrogens is 3. The molecule has 7 heteroatoms.